The summed E-state index contributed by atoms with van der Waals surface area (Å²) in [6, 6.07) is 23.9. The molecule has 0 unspecified atom stereocenters. The molecule has 0 aromatic heterocycles. The molecule has 3 aromatic rings. The zero-order valence-corrected chi connectivity index (χ0v) is 18.8. The number of rotatable bonds is 8. The van der Waals surface area contributed by atoms with Crippen molar-refractivity contribution >= 4 is 41.0 Å². The molecule has 2 nitrogen and oxygen atoms in total. The van der Waals surface area contributed by atoms with Crippen molar-refractivity contribution in [3.8, 4) is 0 Å². The molecule has 3 aromatic carbocycles. The fraction of sp³-hybridized carbons (Fsp3) is 0.192. The Bertz CT molecular complexity index is 1010. The van der Waals surface area contributed by atoms with E-state index in [0.717, 1.165) is 45.9 Å². The number of allylic oxidation sites excluding steroid dienone is 1. The summed E-state index contributed by atoms with van der Waals surface area (Å²) in [4.78, 5) is 13.6. The molecule has 0 heterocycles. The van der Waals surface area contributed by atoms with Crippen LogP contribution < -0.4 is 0 Å². The van der Waals surface area contributed by atoms with Gasteiger partial charge in [-0.2, -0.15) is 0 Å². The first-order valence-electron chi connectivity index (χ1n) is 9.91. The van der Waals surface area contributed by atoms with Crippen molar-refractivity contribution in [2.24, 2.45) is 0 Å². The number of aryl methyl sites for hydroxylation is 1. The van der Waals surface area contributed by atoms with Crippen LogP contribution in [-0.2, 0) is 4.74 Å². The third kappa shape index (κ3) is 6.01. The highest BCUT2D eigenvalue weighted by Gasteiger charge is 2.17. The van der Waals surface area contributed by atoms with Gasteiger partial charge in [0.15, 0.2) is 0 Å². The predicted octanol–water partition coefficient (Wildman–Crippen LogP) is 7.55. The molecule has 0 aliphatic rings. The number of carbonyl (C=O) groups excluding carboxylic acids is 1. The molecule has 0 spiro atoms. The van der Waals surface area contributed by atoms with Gasteiger partial charge in [0.05, 0.1) is 12.7 Å². The fourth-order valence-corrected chi connectivity index (χ4v) is 4.36. The molecule has 0 aliphatic carbocycles. The minimum absolute atomic E-state index is 0.303. The Kier molecular flexibility index (Phi) is 8.18. The number of halogens is 1. The Labute approximate surface area is 187 Å². The number of hydrogen-bond donors (Lipinski definition) is 0. The lowest BCUT2D eigenvalue weighted by Crippen LogP contribution is -2.07. The van der Waals surface area contributed by atoms with Crippen molar-refractivity contribution in [1.29, 1.82) is 0 Å². The molecule has 0 fully saturated rings. The van der Waals surface area contributed by atoms with Gasteiger partial charge >= 0.3 is 5.97 Å². The van der Waals surface area contributed by atoms with Crippen LogP contribution in [0.15, 0.2) is 77.7 Å². The second-order valence-electron chi connectivity index (χ2n) is 6.98. The minimum atomic E-state index is -0.303. The summed E-state index contributed by atoms with van der Waals surface area (Å²) < 4.78 is 5.04. The van der Waals surface area contributed by atoms with E-state index < -0.39 is 0 Å². The molecular weight excluding hydrogens is 412 g/mol. The summed E-state index contributed by atoms with van der Waals surface area (Å²) in [6.07, 6.45) is 4.03. The Hall–Kier alpha value is -2.49. The normalized spacial score (nSPS) is 11.4. The van der Waals surface area contributed by atoms with Crippen molar-refractivity contribution in [2.45, 2.75) is 24.7 Å². The molecule has 30 heavy (non-hydrogen) atoms. The van der Waals surface area contributed by atoms with Gasteiger partial charge in [-0.1, -0.05) is 60.1 Å². The fourth-order valence-electron chi connectivity index (χ4n) is 3.38. The van der Waals surface area contributed by atoms with Crippen LogP contribution in [0.4, 0.5) is 0 Å². The highest BCUT2D eigenvalue weighted by molar-refractivity contribution is 7.99. The largest absolute Gasteiger partial charge is 0.465 e. The first kappa shape index (κ1) is 22.2. The number of esters is 1. The lowest BCUT2D eigenvalue weighted by Gasteiger charge is -2.15. The molecule has 4 heteroatoms. The van der Waals surface area contributed by atoms with Gasteiger partial charge in [0, 0.05) is 9.92 Å². The summed E-state index contributed by atoms with van der Waals surface area (Å²) in [7, 11) is 1.43. The maximum Gasteiger partial charge on any atom is 0.338 e. The topological polar surface area (TPSA) is 26.3 Å². The van der Waals surface area contributed by atoms with E-state index in [1.54, 1.807) is 0 Å². The molecule has 0 atom stereocenters. The van der Waals surface area contributed by atoms with Crippen LogP contribution in [0, 0.1) is 6.92 Å². The average molecular weight is 437 g/mol. The van der Waals surface area contributed by atoms with Crippen LogP contribution in [0.3, 0.4) is 0 Å². The zero-order valence-electron chi connectivity index (χ0n) is 17.2. The summed E-state index contributed by atoms with van der Waals surface area (Å²) >= 11 is 7.79. The second kappa shape index (κ2) is 11.1. The molecule has 0 amide bonds. The van der Waals surface area contributed by atoms with E-state index in [9.17, 15) is 4.79 Å². The standard InChI is InChI=1S/C26H25ClO2S/c1-19-8-6-12-24(26(28)29-2)25(19)21(18-20-9-4-3-5-10-20)11-7-17-30-23-15-13-22(27)14-16-23/h3-6,8-10,12-16,18H,7,11,17H2,1-2H3/b21-18-. The lowest BCUT2D eigenvalue weighted by molar-refractivity contribution is 0.0600. The van der Waals surface area contributed by atoms with Crippen LogP contribution in [0.1, 0.15) is 39.9 Å². The summed E-state index contributed by atoms with van der Waals surface area (Å²) in [5.41, 5.74) is 4.94. The van der Waals surface area contributed by atoms with Gasteiger partial charge in [-0.05, 0) is 78.1 Å². The summed E-state index contributed by atoms with van der Waals surface area (Å²) in [6.45, 7) is 2.04. The van der Waals surface area contributed by atoms with Crippen molar-refractivity contribution in [1.82, 2.24) is 0 Å². The molecule has 0 radical (unpaired) electrons. The third-order valence-corrected chi connectivity index (χ3v) is 6.16. The van der Waals surface area contributed by atoms with E-state index in [4.69, 9.17) is 16.3 Å². The molecule has 3 rings (SSSR count). The highest BCUT2D eigenvalue weighted by Crippen LogP contribution is 2.31. The quantitative estimate of drug-likeness (QED) is 0.158. The van der Waals surface area contributed by atoms with Crippen LogP contribution in [0.5, 0.6) is 0 Å². The van der Waals surface area contributed by atoms with Crippen molar-refractivity contribution in [2.75, 3.05) is 12.9 Å². The van der Waals surface area contributed by atoms with Gasteiger partial charge in [0.2, 0.25) is 0 Å². The molecule has 0 saturated heterocycles. The Morgan fingerprint density at radius 2 is 1.73 bits per heavy atom. The maximum atomic E-state index is 12.4. The van der Waals surface area contributed by atoms with Gasteiger partial charge in [-0.25, -0.2) is 4.79 Å². The van der Waals surface area contributed by atoms with Gasteiger partial charge in [0.25, 0.3) is 0 Å². The lowest BCUT2D eigenvalue weighted by atomic mass is 9.91. The van der Waals surface area contributed by atoms with E-state index in [2.05, 4.69) is 18.2 Å². The van der Waals surface area contributed by atoms with Crippen molar-refractivity contribution in [3.05, 3.63) is 100 Å². The Morgan fingerprint density at radius 1 is 1.00 bits per heavy atom. The highest BCUT2D eigenvalue weighted by atomic mass is 35.5. The van der Waals surface area contributed by atoms with Crippen molar-refractivity contribution < 1.29 is 9.53 Å². The zero-order chi connectivity index (χ0) is 21.3. The number of ether oxygens (including phenoxy) is 1. The molecule has 0 saturated carbocycles. The summed E-state index contributed by atoms with van der Waals surface area (Å²) in [5.74, 6) is 0.677. The van der Waals surface area contributed by atoms with Crippen LogP contribution >= 0.6 is 23.4 Å². The number of methoxy groups -OCH3 is 1. The number of hydrogen-bond acceptors (Lipinski definition) is 3. The smallest absolute Gasteiger partial charge is 0.338 e. The molecule has 0 aliphatic heterocycles. The van der Waals surface area contributed by atoms with E-state index in [1.165, 1.54) is 12.0 Å². The minimum Gasteiger partial charge on any atom is -0.465 e. The first-order chi connectivity index (χ1) is 14.6. The second-order valence-corrected chi connectivity index (χ2v) is 8.58. The van der Waals surface area contributed by atoms with E-state index in [1.807, 2.05) is 79.3 Å². The van der Waals surface area contributed by atoms with Crippen LogP contribution in [-0.4, -0.2) is 18.8 Å². The van der Waals surface area contributed by atoms with Gasteiger partial charge < -0.3 is 4.74 Å². The van der Waals surface area contributed by atoms with E-state index >= 15 is 0 Å². The van der Waals surface area contributed by atoms with Gasteiger partial charge in [0.1, 0.15) is 0 Å². The average Bonchev–Trinajstić information content (AvgIpc) is 2.77. The Morgan fingerprint density at radius 3 is 2.43 bits per heavy atom. The van der Waals surface area contributed by atoms with Crippen molar-refractivity contribution in [3.63, 3.8) is 0 Å². The predicted molar refractivity (Wildman–Crippen MR) is 128 cm³/mol. The van der Waals surface area contributed by atoms with Crippen LogP contribution in [0.25, 0.3) is 11.6 Å². The first-order valence-corrected chi connectivity index (χ1v) is 11.3. The molecule has 0 N–H and O–H groups in total. The number of thioether (sulfide) groups is 1. The van der Waals surface area contributed by atoms with E-state index in [-0.39, 0.29) is 5.97 Å². The van der Waals surface area contributed by atoms with Gasteiger partial charge in [-0.3, -0.25) is 0 Å². The van der Waals surface area contributed by atoms with E-state index in [0.29, 0.717) is 5.56 Å². The van der Waals surface area contributed by atoms with Gasteiger partial charge in [-0.15, -0.1) is 11.8 Å². The maximum absolute atomic E-state index is 12.4. The summed E-state index contributed by atoms with van der Waals surface area (Å²) in [5, 5.41) is 0.752. The monoisotopic (exact) mass is 436 g/mol. The van der Waals surface area contributed by atoms with Crippen LogP contribution in [0.2, 0.25) is 5.02 Å². The Balaban J connectivity index is 1.84. The third-order valence-electron chi connectivity index (χ3n) is 4.81. The molecule has 154 valence electrons. The number of benzene rings is 3. The molecule has 0 bridgehead atoms. The number of carbonyl (C=O) groups is 1. The molecular formula is C26H25ClO2S. The SMILES string of the molecule is COC(=O)c1cccc(C)c1/C(=C\c1ccccc1)CCCSc1ccc(Cl)cc1.